The van der Waals surface area contributed by atoms with Gasteiger partial charge in [0.1, 0.15) is 41.8 Å². The predicted octanol–water partition coefficient (Wildman–Crippen LogP) is 5.70. The maximum absolute atomic E-state index is 10.7. The second-order valence-electron chi connectivity index (χ2n) is 7.58. The van der Waals surface area contributed by atoms with Gasteiger partial charge in [0, 0.05) is 23.2 Å². The van der Waals surface area contributed by atoms with Gasteiger partial charge in [0.25, 0.3) is 0 Å². The summed E-state index contributed by atoms with van der Waals surface area (Å²) in [6, 6.07) is 20.9. The summed E-state index contributed by atoms with van der Waals surface area (Å²) in [6.45, 7) is -0.390. The molecule has 0 aliphatic rings. The first kappa shape index (κ1) is 24.6. The molecule has 4 aromatic carbocycles. The van der Waals surface area contributed by atoms with Gasteiger partial charge >= 0.3 is 0 Å². The average Bonchev–Trinajstić information content (AvgIpc) is 2.90. The number of azo groups is 2. The van der Waals surface area contributed by atoms with Crippen LogP contribution in [-0.4, -0.2) is 41.7 Å². The number of hydrogen-bond donors (Lipinski definition) is 4. The molecule has 4 rings (SSSR count). The van der Waals surface area contributed by atoms with Gasteiger partial charge in [-0.15, -0.1) is 15.3 Å². The van der Waals surface area contributed by atoms with Crippen molar-refractivity contribution in [2.75, 3.05) is 32.2 Å². The molecule has 184 valence electrons. The van der Waals surface area contributed by atoms with E-state index in [2.05, 4.69) is 20.5 Å². The minimum Gasteiger partial charge on any atom is -0.505 e. The zero-order valence-corrected chi connectivity index (χ0v) is 19.3. The molecule has 0 unspecified atom stereocenters. The Labute approximate surface area is 207 Å². The summed E-state index contributed by atoms with van der Waals surface area (Å²) in [7, 11) is 0. The van der Waals surface area contributed by atoms with Crippen LogP contribution in [0.4, 0.5) is 28.4 Å². The van der Waals surface area contributed by atoms with E-state index in [0.29, 0.717) is 28.2 Å². The topological polar surface area (TPSA) is 155 Å². The third kappa shape index (κ3) is 5.93. The van der Waals surface area contributed by atoms with Gasteiger partial charge in [-0.25, -0.2) is 0 Å². The van der Waals surface area contributed by atoms with Crippen molar-refractivity contribution >= 4 is 39.2 Å². The first-order chi connectivity index (χ1) is 17.6. The number of nitrogens with zero attached hydrogens (tertiary/aromatic N) is 4. The second kappa shape index (κ2) is 11.7. The molecule has 0 saturated carbocycles. The van der Waals surface area contributed by atoms with Crippen LogP contribution in [0, 0.1) is 0 Å². The fourth-order valence-corrected chi connectivity index (χ4v) is 3.34. The van der Waals surface area contributed by atoms with Crippen LogP contribution < -0.4 is 15.2 Å². The number of ether oxygens (including phenoxy) is 2. The van der Waals surface area contributed by atoms with Gasteiger partial charge in [-0.1, -0.05) is 30.3 Å². The molecule has 4 aromatic rings. The third-order valence-corrected chi connectivity index (χ3v) is 5.03. The number of aliphatic hydroxyl groups is 2. The number of phenolic OH excluding ortho intramolecular Hbond substituents is 1. The van der Waals surface area contributed by atoms with E-state index >= 15 is 0 Å². The molecule has 0 fully saturated rings. The Morgan fingerprint density at radius 2 is 1.25 bits per heavy atom. The van der Waals surface area contributed by atoms with Gasteiger partial charge in [-0.05, 0) is 35.7 Å². The Balaban J connectivity index is 1.74. The highest BCUT2D eigenvalue weighted by molar-refractivity contribution is 5.94. The number of nitrogens with two attached hydrogens (primary N) is 1. The lowest BCUT2D eigenvalue weighted by Gasteiger charge is -2.12. The fourth-order valence-electron chi connectivity index (χ4n) is 3.34. The lowest BCUT2D eigenvalue weighted by atomic mass is 10.1. The molecule has 10 nitrogen and oxygen atoms in total. The van der Waals surface area contributed by atoms with Crippen molar-refractivity contribution in [2.45, 2.75) is 0 Å². The van der Waals surface area contributed by atoms with E-state index in [9.17, 15) is 15.3 Å². The van der Waals surface area contributed by atoms with E-state index in [1.165, 1.54) is 0 Å². The van der Waals surface area contributed by atoms with E-state index in [1.54, 1.807) is 54.6 Å². The molecule has 0 aliphatic heterocycles. The van der Waals surface area contributed by atoms with Crippen LogP contribution in [0.15, 0.2) is 93.3 Å². The van der Waals surface area contributed by atoms with Gasteiger partial charge in [0.05, 0.1) is 18.9 Å². The number of aliphatic hydroxyl groups excluding tert-OH is 2. The van der Waals surface area contributed by atoms with Crippen LogP contribution in [0.1, 0.15) is 0 Å². The van der Waals surface area contributed by atoms with Crippen LogP contribution in [-0.2, 0) is 0 Å². The lowest BCUT2D eigenvalue weighted by molar-refractivity contribution is 0.198. The van der Waals surface area contributed by atoms with Crippen molar-refractivity contribution in [3.8, 4) is 17.2 Å². The van der Waals surface area contributed by atoms with Crippen molar-refractivity contribution in [2.24, 2.45) is 20.5 Å². The summed E-state index contributed by atoms with van der Waals surface area (Å²) in [5, 5.41) is 47.5. The minimum atomic E-state index is -0.215. The monoisotopic (exact) mass is 487 g/mol. The second-order valence-corrected chi connectivity index (χ2v) is 7.58. The third-order valence-electron chi connectivity index (χ3n) is 5.03. The molecule has 0 amide bonds. The van der Waals surface area contributed by atoms with Crippen LogP contribution in [0.2, 0.25) is 0 Å². The number of fused-ring (bicyclic) bond motifs is 1. The van der Waals surface area contributed by atoms with Gasteiger partial charge in [-0.2, -0.15) is 5.11 Å². The van der Waals surface area contributed by atoms with Crippen molar-refractivity contribution in [1.82, 2.24) is 0 Å². The number of nitrogen functional groups attached to an aromatic ring is 1. The molecule has 0 heterocycles. The van der Waals surface area contributed by atoms with Gasteiger partial charge in [0.15, 0.2) is 5.75 Å². The molecule has 36 heavy (non-hydrogen) atoms. The quantitative estimate of drug-likeness (QED) is 0.166. The van der Waals surface area contributed by atoms with E-state index in [0.717, 1.165) is 5.39 Å². The number of phenols is 1. The van der Waals surface area contributed by atoms with Crippen molar-refractivity contribution in [3.63, 3.8) is 0 Å². The molecule has 0 bridgehead atoms. The van der Waals surface area contributed by atoms with E-state index in [-0.39, 0.29) is 49.3 Å². The lowest BCUT2D eigenvalue weighted by Crippen LogP contribution is -2.04. The maximum atomic E-state index is 10.7. The Bertz CT molecular complexity index is 1390. The largest absolute Gasteiger partial charge is 0.505 e. The summed E-state index contributed by atoms with van der Waals surface area (Å²) in [5.74, 6) is 0.506. The fraction of sp³-hybridized carbons (Fsp3) is 0.154. The summed E-state index contributed by atoms with van der Waals surface area (Å²) >= 11 is 0. The highest BCUT2D eigenvalue weighted by Gasteiger charge is 2.14. The molecule has 10 heteroatoms. The van der Waals surface area contributed by atoms with Gasteiger partial charge in [-0.3, -0.25) is 0 Å². The minimum absolute atomic E-state index is 0.00906. The normalized spacial score (nSPS) is 11.5. The molecule has 0 atom stereocenters. The molecule has 0 aliphatic carbocycles. The smallest absolute Gasteiger partial charge is 0.150 e. The van der Waals surface area contributed by atoms with E-state index in [4.69, 9.17) is 15.2 Å². The summed E-state index contributed by atoms with van der Waals surface area (Å²) < 4.78 is 11.3. The Hall–Kier alpha value is -4.54. The number of rotatable bonds is 10. The van der Waals surface area contributed by atoms with Crippen LogP contribution >= 0.6 is 0 Å². The van der Waals surface area contributed by atoms with Crippen molar-refractivity contribution < 1.29 is 24.8 Å². The standard InChI is InChI=1S/C26H25N5O5/c27-18-8-6-17-7-9-21(26(34)20(17)14-18)29-31-23-16-24(35-12-10-32)22(15-25(23)36-13-11-33)30-28-19-4-2-1-3-5-19/h1-9,14-16,32-34H,10-13,27H2. The van der Waals surface area contributed by atoms with Gasteiger partial charge in [0.2, 0.25) is 0 Å². The molecule has 0 spiro atoms. The van der Waals surface area contributed by atoms with Crippen molar-refractivity contribution in [3.05, 3.63) is 72.8 Å². The molecule has 5 N–H and O–H groups in total. The zero-order valence-electron chi connectivity index (χ0n) is 19.3. The van der Waals surface area contributed by atoms with Gasteiger partial charge < -0.3 is 30.5 Å². The first-order valence-electron chi connectivity index (χ1n) is 11.1. The number of aromatic hydroxyl groups is 1. The Kier molecular flexibility index (Phi) is 8.01. The number of hydrogen-bond acceptors (Lipinski definition) is 10. The molecule has 0 radical (unpaired) electrons. The molecular weight excluding hydrogens is 462 g/mol. The van der Waals surface area contributed by atoms with Crippen LogP contribution in [0.5, 0.6) is 17.2 Å². The van der Waals surface area contributed by atoms with E-state index in [1.807, 2.05) is 18.2 Å². The molecular formula is C26H25N5O5. The summed E-state index contributed by atoms with van der Waals surface area (Å²) in [5.41, 5.74) is 7.84. The molecule has 0 saturated heterocycles. The van der Waals surface area contributed by atoms with Crippen molar-refractivity contribution in [1.29, 1.82) is 0 Å². The SMILES string of the molecule is Nc1ccc2ccc(N=Nc3cc(OCCO)c(N=Nc4ccccc4)cc3OCCO)c(O)c2c1. The average molecular weight is 488 g/mol. The Morgan fingerprint density at radius 3 is 1.89 bits per heavy atom. The summed E-state index contributed by atoms with van der Waals surface area (Å²) in [4.78, 5) is 0. The molecule has 0 aromatic heterocycles. The number of anilines is 1. The number of benzene rings is 4. The highest BCUT2D eigenvalue weighted by atomic mass is 16.5. The highest BCUT2D eigenvalue weighted by Crippen LogP contribution is 2.42. The summed E-state index contributed by atoms with van der Waals surface area (Å²) in [6.07, 6.45) is 0. The Morgan fingerprint density at radius 1 is 0.667 bits per heavy atom. The zero-order chi connectivity index (χ0) is 25.3. The maximum Gasteiger partial charge on any atom is 0.150 e. The predicted molar refractivity (Wildman–Crippen MR) is 136 cm³/mol. The first-order valence-corrected chi connectivity index (χ1v) is 11.1. The van der Waals surface area contributed by atoms with Crippen LogP contribution in [0.3, 0.4) is 0 Å². The van der Waals surface area contributed by atoms with E-state index < -0.39 is 0 Å². The van der Waals surface area contributed by atoms with Crippen LogP contribution in [0.25, 0.3) is 10.8 Å².